The normalized spacial score (nSPS) is 14.2. The van der Waals surface area contributed by atoms with E-state index in [2.05, 4.69) is 17.2 Å². The number of aliphatic hydroxyl groups is 1. The Balaban J connectivity index is 2.50. The Kier molecular flexibility index (Phi) is 6.50. The molecule has 0 amide bonds. The van der Waals surface area contributed by atoms with Gasteiger partial charge in [0.25, 0.3) is 0 Å². The number of nitrogen functional groups attached to an aromatic ring is 1. The first-order valence-electron chi connectivity index (χ1n) is 6.80. The molecule has 0 aliphatic rings. The molecule has 0 saturated carbocycles. The molecule has 1 aromatic rings. The van der Waals surface area contributed by atoms with Gasteiger partial charge >= 0.3 is 0 Å². The van der Waals surface area contributed by atoms with Gasteiger partial charge in [-0.3, -0.25) is 0 Å². The van der Waals surface area contributed by atoms with Crippen LogP contribution in [0.15, 0.2) is 18.3 Å². The second kappa shape index (κ2) is 7.93. The third kappa shape index (κ3) is 4.92. The van der Waals surface area contributed by atoms with Gasteiger partial charge in [-0.1, -0.05) is 32.6 Å². The van der Waals surface area contributed by atoms with E-state index in [1.807, 2.05) is 6.07 Å². The molecule has 2 atom stereocenters. The van der Waals surface area contributed by atoms with Crippen LogP contribution in [0, 0.1) is 0 Å². The van der Waals surface area contributed by atoms with Crippen LogP contribution in [0.3, 0.4) is 0 Å². The van der Waals surface area contributed by atoms with Gasteiger partial charge in [-0.15, -0.1) is 0 Å². The van der Waals surface area contributed by atoms with Gasteiger partial charge < -0.3 is 16.2 Å². The van der Waals surface area contributed by atoms with Gasteiger partial charge in [0.05, 0.1) is 17.8 Å². The molecule has 1 aromatic heterocycles. The number of anilines is 2. The maximum absolute atomic E-state index is 9.79. The standard InChI is InChI=1S/C14H25N3O/c1-3-4-5-6-9-13(11(2)18)17-14-12(15)8-7-10-16-14/h7-8,10-11,13,18H,3-6,9,15H2,1-2H3,(H,16,17). The van der Waals surface area contributed by atoms with Gasteiger partial charge in [0.1, 0.15) is 5.82 Å². The molecule has 0 spiro atoms. The van der Waals surface area contributed by atoms with E-state index in [0.29, 0.717) is 11.5 Å². The number of pyridine rings is 1. The molecule has 4 nitrogen and oxygen atoms in total. The van der Waals surface area contributed by atoms with Crippen molar-refractivity contribution in [2.45, 2.75) is 58.1 Å². The van der Waals surface area contributed by atoms with Crippen molar-refractivity contribution in [3.63, 3.8) is 0 Å². The largest absolute Gasteiger partial charge is 0.396 e. The Morgan fingerprint density at radius 1 is 1.39 bits per heavy atom. The fraction of sp³-hybridized carbons (Fsp3) is 0.643. The fourth-order valence-corrected chi connectivity index (χ4v) is 1.94. The Morgan fingerprint density at radius 3 is 2.78 bits per heavy atom. The third-order valence-corrected chi connectivity index (χ3v) is 3.11. The van der Waals surface area contributed by atoms with Gasteiger partial charge in [-0.05, 0) is 25.5 Å². The van der Waals surface area contributed by atoms with Crippen LogP contribution in [-0.4, -0.2) is 22.2 Å². The van der Waals surface area contributed by atoms with Gasteiger partial charge in [0.2, 0.25) is 0 Å². The average molecular weight is 251 g/mol. The van der Waals surface area contributed by atoms with Crippen molar-refractivity contribution >= 4 is 11.5 Å². The fourth-order valence-electron chi connectivity index (χ4n) is 1.94. The summed E-state index contributed by atoms with van der Waals surface area (Å²) in [6.45, 7) is 4.00. The molecule has 0 bridgehead atoms. The van der Waals surface area contributed by atoms with Crippen LogP contribution >= 0.6 is 0 Å². The van der Waals surface area contributed by atoms with Crippen LogP contribution in [0.25, 0.3) is 0 Å². The van der Waals surface area contributed by atoms with Gasteiger partial charge in [-0.25, -0.2) is 4.98 Å². The van der Waals surface area contributed by atoms with Crippen LogP contribution in [0.5, 0.6) is 0 Å². The lowest BCUT2D eigenvalue weighted by molar-refractivity contribution is 0.165. The summed E-state index contributed by atoms with van der Waals surface area (Å²) in [5.74, 6) is 0.666. The van der Waals surface area contributed by atoms with Gasteiger partial charge in [0.15, 0.2) is 0 Å². The molecule has 1 heterocycles. The summed E-state index contributed by atoms with van der Waals surface area (Å²) in [5.41, 5.74) is 6.46. The quantitative estimate of drug-likeness (QED) is 0.621. The maximum Gasteiger partial charge on any atom is 0.149 e. The summed E-state index contributed by atoms with van der Waals surface area (Å²) in [6.07, 6.45) is 7.02. The summed E-state index contributed by atoms with van der Waals surface area (Å²) >= 11 is 0. The Hall–Kier alpha value is -1.29. The van der Waals surface area contributed by atoms with Crippen LogP contribution in [0.1, 0.15) is 46.0 Å². The van der Waals surface area contributed by atoms with Gasteiger partial charge in [-0.2, -0.15) is 0 Å². The Morgan fingerprint density at radius 2 is 2.17 bits per heavy atom. The van der Waals surface area contributed by atoms with Crippen molar-refractivity contribution in [3.05, 3.63) is 18.3 Å². The molecule has 0 saturated heterocycles. The molecule has 0 aliphatic carbocycles. The third-order valence-electron chi connectivity index (χ3n) is 3.11. The average Bonchev–Trinajstić information content (AvgIpc) is 2.35. The minimum absolute atomic E-state index is 0.0130. The first kappa shape index (κ1) is 14.8. The van der Waals surface area contributed by atoms with Crippen molar-refractivity contribution in [1.29, 1.82) is 0 Å². The highest BCUT2D eigenvalue weighted by Crippen LogP contribution is 2.18. The maximum atomic E-state index is 9.79. The second-order valence-corrected chi connectivity index (χ2v) is 4.78. The molecule has 0 fully saturated rings. The van der Waals surface area contributed by atoms with Crippen LogP contribution in [0.2, 0.25) is 0 Å². The molecule has 102 valence electrons. The molecule has 0 aromatic carbocycles. The number of unbranched alkanes of at least 4 members (excludes halogenated alkanes) is 3. The lowest BCUT2D eigenvalue weighted by Crippen LogP contribution is -2.32. The molecule has 0 aliphatic heterocycles. The first-order valence-corrected chi connectivity index (χ1v) is 6.80. The Labute approximate surface area is 110 Å². The zero-order chi connectivity index (χ0) is 13.4. The number of hydrogen-bond donors (Lipinski definition) is 3. The van der Waals surface area contributed by atoms with E-state index in [1.54, 1.807) is 19.2 Å². The Bertz CT molecular complexity index is 342. The summed E-state index contributed by atoms with van der Waals surface area (Å²) in [4.78, 5) is 4.20. The number of nitrogens with one attached hydrogen (secondary N) is 1. The molecule has 4 N–H and O–H groups in total. The molecule has 2 unspecified atom stereocenters. The van der Waals surface area contributed by atoms with E-state index < -0.39 is 6.10 Å². The summed E-state index contributed by atoms with van der Waals surface area (Å²) in [6, 6.07) is 3.63. The molecular formula is C14H25N3O. The number of rotatable bonds is 8. The van der Waals surface area contributed by atoms with Crippen LogP contribution < -0.4 is 11.1 Å². The monoisotopic (exact) mass is 251 g/mol. The van der Waals surface area contributed by atoms with E-state index in [-0.39, 0.29) is 6.04 Å². The zero-order valence-corrected chi connectivity index (χ0v) is 11.4. The van der Waals surface area contributed by atoms with Crippen molar-refractivity contribution < 1.29 is 5.11 Å². The summed E-state index contributed by atoms with van der Waals surface area (Å²) in [7, 11) is 0. The highest BCUT2D eigenvalue weighted by Gasteiger charge is 2.15. The van der Waals surface area contributed by atoms with E-state index in [0.717, 1.165) is 12.8 Å². The molecule has 18 heavy (non-hydrogen) atoms. The van der Waals surface area contributed by atoms with Crippen molar-refractivity contribution in [1.82, 2.24) is 4.98 Å². The zero-order valence-electron chi connectivity index (χ0n) is 11.4. The van der Waals surface area contributed by atoms with Gasteiger partial charge in [0, 0.05) is 6.20 Å². The second-order valence-electron chi connectivity index (χ2n) is 4.78. The minimum atomic E-state index is -0.409. The van der Waals surface area contributed by atoms with Crippen LogP contribution in [-0.2, 0) is 0 Å². The van der Waals surface area contributed by atoms with Crippen molar-refractivity contribution in [2.24, 2.45) is 0 Å². The van der Waals surface area contributed by atoms with E-state index in [1.165, 1.54) is 19.3 Å². The highest BCUT2D eigenvalue weighted by atomic mass is 16.3. The summed E-state index contributed by atoms with van der Waals surface area (Å²) < 4.78 is 0. The molecular weight excluding hydrogens is 226 g/mol. The SMILES string of the molecule is CCCCCCC(Nc1ncccc1N)C(C)O. The number of nitrogens with two attached hydrogens (primary N) is 1. The lowest BCUT2D eigenvalue weighted by Gasteiger charge is -2.22. The smallest absolute Gasteiger partial charge is 0.149 e. The predicted molar refractivity (Wildman–Crippen MR) is 76.5 cm³/mol. The number of aliphatic hydroxyl groups excluding tert-OH is 1. The first-order chi connectivity index (χ1) is 8.65. The van der Waals surface area contributed by atoms with Crippen molar-refractivity contribution in [2.75, 3.05) is 11.1 Å². The van der Waals surface area contributed by atoms with Crippen molar-refractivity contribution in [3.8, 4) is 0 Å². The van der Waals surface area contributed by atoms with Crippen LogP contribution in [0.4, 0.5) is 11.5 Å². The molecule has 1 rings (SSSR count). The van der Waals surface area contributed by atoms with E-state index >= 15 is 0 Å². The number of hydrogen-bond acceptors (Lipinski definition) is 4. The molecule has 0 radical (unpaired) electrons. The lowest BCUT2D eigenvalue weighted by atomic mass is 10.0. The minimum Gasteiger partial charge on any atom is -0.396 e. The van der Waals surface area contributed by atoms with E-state index in [9.17, 15) is 5.11 Å². The van der Waals surface area contributed by atoms with E-state index in [4.69, 9.17) is 5.73 Å². The topological polar surface area (TPSA) is 71.2 Å². The highest BCUT2D eigenvalue weighted by molar-refractivity contribution is 5.60. The predicted octanol–water partition coefficient (Wildman–Crippen LogP) is 2.80. The summed E-state index contributed by atoms with van der Waals surface area (Å²) in [5, 5.41) is 13.0. The number of nitrogens with zero attached hydrogens (tertiary/aromatic N) is 1. The number of aromatic nitrogens is 1. The molecule has 4 heteroatoms.